The number of carbonyl (C=O) groups excluding carboxylic acids is 1. The van der Waals surface area contributed by atoms with Crippen LogP contribution in [0.2, 0.25) is 0 Å². The summed E-state index contributed by atoms with van der Waals surface area (Å²) in [5.74, 6) is -0.838. The van der Waals surface area contributed by atoms with Crippen LogP contribution >= 0.6 is 0 Å². The van der Waals surface area contributed by atoms with Crippen molar-refractivity contribution in [3.05, 3.63) is 65.5 Å². The summed E-state index contributed by atoms with van der Waals surface area (Å²) < 4.78 is 46.8. The predicted molar refractivity (Wildman–Crippen MR) is 140 cm³/mol. The molecule has 1 aliphatic heterocycles. The molecule has 1 fully saturated rings. The average Bonchev–Trinajstić information content (AvgIpc) is 3.32. The van der Waals surface area contributed by atoms with Gasteiger partial charge in [0, 0.05) is 18.7 Å². The Balaban J connectivity index is 1.37. The van der Waals surface area contributed by atoms with Crippen LogP contribution in [-0.2, 0) is 12.7 Å². The number of rotatable bonds is 6. The predicted octanol–water partition coefficient (Wildman–Crippen LogP) is 4.30. The van der Waals surface area contributed by atoms with Crippen LogP contribution in [0, 0.1) is 0 Å². The zero-order chi connectivity index (χ0) is 27.7. The Hall–Kier alpha value is -4.19. The summed E-state index contributed by atoms with van der Waals surface area (Å²) in [7, 11) is 3.19. The highest BCUT2D eigenvalue weighted by atomic mass is 19.4. The van der Waals surface area contributed by atoms with Gasteiger partial charge in [-0.25, -0.2) is 14.6 Å². The Bertz CT molecular complexity index is 1500. The summed E-state index contributed by atoms with van der Waals surface area (Å²) in [4.78, 5) is 23.6. The molecular formula is C27H28F3N7O2. The number of nitrogens with two attached hydrogens (primary N) is 1. The van der Waals surface area contributed by atoms with Gasteiger partial charge in [-0.1, -0.05) is 30.3 Å². The number of nitrogen functional groups attached to an aromatic ring is 1. The molecule has 1 amide bonds. The molecule has 1 aliphatic rings. The van der Waals surface area contributed by atoms with Crippen molar-refractivity contribution < 1.29 is 22.7 Å². The standard InChI is InChI=1S/C27H28F3N7O2/c1-36-12-4-5-18(14-36)37-25-21(24(31)33-15-34-25)22(35-37)17-10-8-16(9-11-17)13-32-26(38)19-6-3-7-20(23(19)39-2)27(28,29)30/h3,6-11,15,18H,4-5,12-14H2,1-2H3,(H,32,38)(H2,31,33,34). The number of aromatic nitrogens is 4. The van der Waals surface area contributed by atoms with Crippen LogP contribution in [0.1, 0.15) is 40.4 Å². The SMILES string of the molecule is COc1c(C(=O)NCc2ccc(-c3nn(C4CCCN(C)C4)c4ncnc(N)c34)cc2)cccc1C(F)(F)F. The van der Waals surface area contributed by atoms with Gasteiger partial charge in [0.15, 0.2) is 5.65 Å². The third-order valence-corrected chi connectivity index (χ3v) is 6.91. The number of para-hydroxylation sites is 1. The van der Waals surface area contributed by atoms with Gasteiger partial charge in [-0.15, -0.1) is 0 Å². The Morgan fingerprint density at radius 2 is 1.95 bits per heavy atom. The first kappa shape index (κ1) is 26.4. The Morgan fingerprint density at radius 1 is 1.18 bits per heavy atom. The van der Waals surface area contributed by atoms with Crippen molar-refractivity contribution in [1.29, 1.82) is 0 Å². The fourth-order valence-electron chi connectivity index (χ4n) is 5.01. The van der Waals surface area contributed by atoms with Crippen LogP contribution in [0.3, 0.4) is 0 Å². The quantitative estimate of drug-likeness (QED) is 0.376. The summed E-state index contributed by atoms with van der Waals surface area (Å²) in [6, 6.07) is 10.9. The first-order chi connectivity index (χ1) is 18.7. The molecule has 5 rings (SSSR count). The van der Waals surface area contributed by atoms with E-state index in [4.69, 9.17) is 15.6 Å². The molecule has 9 nitrogen and oxygen atoms in total. The molecule has 2 aromatic heterocycles. The highest BCUT2D eigenvalue weighted by Crippen LogP contribution is 2.38. The van der Waals surface area contributed by atoms with E-state index in [9.17, 15) is 18.0 Å². The molecule has 4 aromatic rings. The Kier molecular flexibility index (Phi) is 7.13. The van der Waals surface area contributed by atoms with Gasteiger partial charge < -0.3 is 20.7 Å². The van der Waals surface area contributed by atoms with Gasteiger partial charge in [0.1, 0.15) is 23.6 Å². The normalized spacial score (nSPS) is 16.4. The summed E-state index contributed by atoms with van der Waals surface area (Å²) in [5, 5.41) is 8.25. The van der Waals surface area contributed by atoms with Crippen molar-refractivity contribution >= 4 is 22.8 Å². The molecule has 0 bridgehead atoms. The van der Waals surface area contributed by atoms with E-state index in [2.05, 4.69) is 27.2 Å². The molecule has 0 radical (unpaired) electrons. The number of piperidine rings is 1. The second-order valence-electron chi connectivity index (χ2n) is 9.57. The third-order valence-electron chi connectivity index (χ3n) is 6.91. The molecular weight excluding hydrogens is 511 g/mol. The summed E-state index contributed by atoms with van der Waals surface area (Å²) in [6.45, 7) is 2.00. The molecule has 39 heavy (non-hydrogen) atoms. The van der Waals surface area contributed by atoms with Gasteiger partial charge in [-0.3, -0.25) is 4.79 Å². The lowest BCUT2D eigenvalue weighted by Gasteiger charge is -2.29. The molecule has 1 unspecified atom stereocenters. The number of anilines is 1. The van der Waals surface area contributed by atoms with Gasteiger partial charge in [-0.2, -0.15) is 18.3 Å². The molecule has 12 heteroatoms. The number of hydrogen-bond donors (Lipinski definition) is 2. The lowest BCUT2D eigenvalue weighted by molar-refractivity contribution is -0.138. The monoisotopic (exact) mass is 539 g/mol. The fourth-order valence-corrected chi connectivity index (χ4v) is 5.01. The number of nitrogens with one attached hydrogen (secondary N) is 1. The summed E-state index contributed by atoms with van der Waals surface area (Å²) in [5.41, 5.74) is 7.96. The van der Waals surface area contributed by atoms with Crippen molar-refractivity contribution in [2.75, 3.05) is 33.0 Å². The number of methoxy groups -OCH3 is 1. The third kappa shape index (κ3) is 5.24. The van der Waals surface area contributed by atoms with Gasteiger partial charge in [0.25, 0.3) is 5.91 Å². The van der Waals surface area contributed by atoms with Crippen LogP contribution in [-0.4, -0.2) is 57.8 Å². The molecule has 0 spiro atoms. The van der Waals surface area contributed by atoms with Crippen LogP contribution in [0.25, 0.3) is 22.3 Å². The topological polar surface area (TPSA) is 111 Å². The first-order valence-electron chi connectivity index (χ1n) is 12.5. The second kappa shape index (κ2) is 10.5. The van der Waals surface area contributed by atoms with Crippen molar-refractivity contribution in [3.63, 3.8) is 0 Å². The molecule has 1 atom stereocenters. The van der Waals surface area contributed by atoms with Crippen molar-refractivity contribution in [2.45, 2.75) is 31.6 Å². The van der Waals surface area contributed by atoms with Gasteiger partial charge >= 0.3 is 6.18 Å². The number of hydrogen-bond acceptors (Lipinski definition) is 7. The first-order valence-corrected chi connectivity index (χ1v) is 12.5. The van der Waals surface area contributed by atoms with E-state index < -0.39 is 23.4 Å². The van der Waals surface area contributed by atoms with Crippen LogP contribution in [0.4, 0.5) is 19.0 Å². The maximum Gasteiger partial charge on any atom is 0.419 e. The number of benzene rings is 2. The minimum Gasteiger partial charge on any atom is -0.495 e. The zero-order valence-electron chi connectivity index (χ0n) is 21.5. The zero-order valence-corrected chi connectivity index (χ0v) is 21.5. The molecule has 204 valence electrons. The minimum absolute atomic E-state index is 0.105. The molecule has 0 aliphatic carbocycles. The molecule has 2 aromatic carbocycles. The van der Waals surface area contributed by atoms with E-state index in [1.165, 1.54) is 18.5 Å². The molecule has 3 N–H and O–H groups in total. The smallest absolute Gasteiger partial charge is 0.419 e. The van der Waals surface area contributed by atoms with E-state index in [0.29, 0.717) is 22.5 Å². The number of halogens is 3. The molecule has 1 saturated heterocycles. The van der Waals surface area contributed by atoms with Gasteiger partial charge in [-0.05, 0) is 44.1 Å². The van der Waals surface area contributed by atoms with E-state index >= 15 is 0 Å². The van der Waals surface area contributed by atoms with E-state index in [0.717, 1.165) is 50.2 Å². The maximum atomic E-state index is 13.3. The largest absolute Gasteiger partial charge is 0.495 e. The van der Waals surface area contributed by atoms with Crippen LogP contribution in [0.5, 0.6) is 5.75 Å². The number of carbonyl (C=O) groups is 1. The molecule has 0 saturated carbocycles. The van der Waals surface area contributed by atoms with Gasteiger partial charge in [0.05, 0.1) is 29.7 Å². The Morgan fingerprint density at radius 3 is 2.64 bits per heavy atom. The van der Waals surface area contributed by atoms with Crippen molar-refractivity contribution in [2.24, 2.45) is 0 Å². The number of nitrogens with zero attached hydrogens (tertiary/aromatic N) is 5. The number of likely N-dealkylation sites (N-methyl/N-ethyl adjacent to an activating group) is 1. The fraction of sp³-hybridized carbons (Fsp3) is 0.333. The average molecular weight is 540 g/mol. The van der Waals surface area contributed by atoms with Crippen LogP contribution < -0.4 is 15.8 Å². The molecule has 3 heterocycles. The number of ether oxygens (including phenoxy) is 1. The lowest BCUT2D eigenvalue weighted by Crippen LogP contribution is -2.34. The summed E-state index contributed by atoms with van der Waals surface area (Å²) in [6.07, 6.45) is -1.15. The maximum absolute atomic E-state index is 13.3. The number of alkyl halides is 3. The van der Waals surface area contributed by atoms with E-state index in [1.54, 1.807) is 0 Å². The second-order valence-corrected chi connectivity index (χ2v) is 9.57. The number of amides is 1. The van der Waals surface area contributed by atoms with Crippen molar-refractivity contribution in [1.82, 2.24) is 30.0 Å². The highest BCUT2D eigenvalue weighted by Gasteiger charge is 2.36. The van der Waals surface area contributed by atoms with Gasteiger partial charge in [0.2, 0.25) is 0 Å². The van der Waals surface area contributed by atoms with E-state index in [1.807, 2.05) is 28.9 Å². The van der Waals surface area contributed by atoms with E-state index in [-0.39, 0.29) is 18.2 Å². The van der Waals surface area contributed by atoms with Crippen LogP contribution in [0.15, 0.2) is 48.8 Å². The number of fused-ring (bicyclic) bond motifs is 1. The minimum atomic E-state index is -4.64. The highest BCUT2D eigenvalue weighted by molar-refractivity contribution is 5.98. The lowest BCUT2D eigenvalue weighted by atomic mass is 10.1. The summed E-state index contributed by atoms with van der Waals surface area (Å²) >= 11 is 0. The Labute approximate surface area is 222 Å². The number of likely N-dealkylation sites (tertiary alicyclic amines) is 1. The van der Waals surface area contributed by atoms with Crippen molar-refractivity contribution in [3.8, 4) is 17.0 Å².